The first-order valence-corrected chi connectivity index (χ1v) is 14.4. The average Bonchev–Trinajstić information content (AvgIpc) is 3.46. The van der Waals surface area contributed by atoms with Gasteiger partial charge in [0, 0.05) is 24.4 Å². The SMILES string of the molecule is CC1(C)Oc2ccc(NCc3ccc(F)cc3)cc2C(OCCC2CCCCC2)C1OC(=O)c1cccs1. The van der Waals surface area contributed by atoms with E-state index in [2.05, 4.69) is 5.32 Å². The summed E-state index contributed by atoms with van der Waals surface area (Å²) in [5, 5.41) is 5.28. The Bertz CT molecular complexity index is 1210. The maximum atomic E-state index is 13.3. The molecule has 1 aliphatic heterocycles. The Morgan fingerprint density at radius 3 is 2.63 bits per heavy atom. The number of esters is 1. The second kappa shape index (κ2) is 11.9. The van der Waals surface area contributed by atoms with E-state index in [0.29, 0.717) is 23.9 Å². The summed E-state index contributed by atoms with van der Waals surface area (Å²) in [6.45, 7) is 5.04. The van der Waals surface area contributed by atoms with Gasteiger partial charge in [0.15, 0.2) is 6.10 Å². The fourth-order valence-electron chi connectivity index (χ4n) is 5.44. The van der Waals surface area contributed by atoms with E-state index in [1.165, 1.54) is 55.6 Å². The number of carbonyl (C=O) groups excluding carboxylic acids is 1. The summed E-state index contributed by atoms with van der Waals surface area (Å²) in [6, 6.07) is 16.0. The average molecular weight is 538 g/mol. The zero-order chi connectivity index (χ0) is 26.5. The predicted molar refractivity (Wildman–Crippen MR) is 148 cm³/mol. The summed E-state index contributed by atoms with van der Waals surface area (Å²) in [5.74, 6) is 0.801. The van der Waals surface area contributed by atoms with Crippen molar-refractivity contribution in [3.63, 3.8) is 0 Å². The lowest BCUT2D eigenvalue weighted by Crippen LogP contribution is -2.51. The Morgan fingerprint density at radius 2 is 1.89 bits per heavy atom. The van der Waals surface area contributed by atoms with Gasteiger partial charge in [-0.15, -0.1) is 11.3 Å². The molecule has 1 N–H and O–H groups in total. The fraction of sp³-hybridized carbons (Fsp3) is 0.452. The maximum absolute atomic E-state index is 13.3. The number of benzene rings is 2. The fourth-order valence-corrected chi connectivity index (χ4v) is 6.04. The molecule has 202 valence electrons. The van der Waals surface area contributed by atoms with Crippen LogP contribution in [0.4, 0.5) is 10.1 Å². The van der Waals surface area contributed by atoms with Crippen molar-refractivity contribution in [1.82, 2.24) is 0 Å². The highest BCUT2D eigenvalue weighted by Gasteiger charge is 2.47. The van der Waals surface area contributed by atoms with Gasteiger partial charge in [-0.05, 0) is 73.5 Å². The molecule has 0 saturated heterocycles. The molecule has 1 fully saturated rings. The zero-order valence-corrected chi connectivity index (χ0v) is 22.9. The Hall–Kier alpha value is -2.90. The molecule has 38 heavy (non-hydrogen) atoms. The highest BCUT2D eigenvalue weighted by Crippen LogP contribution is 2.45. The van der Waals surface area contributed by atoms with E-state index in [-0.39, 0.29) is 11.8 Å². The molecule has 1 aromatic heterocycles. The van der Waals surface area contributed by atoms with Gasteiger partial charge in [0.25, 0.3) is 0 Å². The summed E-state index contributed by atoms with van der Waals surface area (Å²) in [5.41, 5.74) is 1.95. The first-order valence-electron chi connectivity index (χ1n) is 13.6. The van der Waals surface area contributed by atoms with Gasteiger partial charge in [0.2, 0.25) is 0 Å². The van der Waals surface area contributed by atoms with E-state index in [9.17, 15) is 9.18 Å². The Kier molecular flexibility index (Phi) is 8.34. The van der Waals surface area contributed by atoms with Crippen molar-refractivity contribution in [2.45, 2.75) is 76.7 Å². The Balaban J connectivity index is 1.38. The summed E-state index contributed by atoms with van der Waals surface area (Å²) in [7, 11) is 0. The largest absolute Gasteiger partial charge is 0.483 e. The number of hydrogen-bond donors (Lipinski definition) is 1. The van der Waals surface area contributed by atoms with Crippen LogP contribution in [0, 0.1) is 11.7 Å². The van der Waals surface area contributed by atoms with E-state index in [4.69, 9.17) is 14.2 Å². The molecule has 2 atom stereocenters. The predicted octanol–water partition coefficient (Wildman–Crippen LogP) is 7.92. The molecule has 0 spiro atoms. The van der Waals surface area contributed by atoms with Crippen molar-refractivity contribution < 1.29 is 23.4 Å². The van der Waals surface area contributed by atoms with Gasteiger partial charge >= 0.3 is 5.97 Å². The van der Waals surface area contributed by atoms with Crippen molar-refractivity contribution in [3.05, 3.63) is 81.8 Å². The lowest BCUT2D eigenvalue weighted by Gasteiger charge is -2.44. The smallest absolute Gasteiger partial charge is 0.348 e. The van der Waals surface area contributed by atoms with Crippen LogP contribution in [0.5, 0.6) is 5.75 Å². The van der Waals surface area contributed by atoms with Crippen LogP contribution >= 0.6 is 11.3 Å². The topological polar surface area (TPSA) is 56.8 Å². The van der Waals surface area contributed by atoms with E-state index in [0.717, 1.165) is 29.0 Å². The number of carbonyl (C=O) groups is 1. The Labute approximate surface area is 228 Å². The van der Waals surface area contributed by atoms with Crippen LogP contribution < -0.4 is 10.1 Å². The van der Waals surface area contributed by atoms with Crippen LogP contribution in [0.2, 0.25) is 0 Å². The van der Waals surface area contributed by atoms with Crippen molar-refractivity contribution in [1.29, 1.82) is 0 Å². The minimum atomic E-state index is -0.779. The number of rotatable bonds is 9. The first-order chi connectivity index (χ1) is 18.4. The van der Waals surface area contributed by atoms with Crippen LogP contribution in [0.3, 0.4) is 0 Å². The van der Waals surface area contributed by atoms with Crippen molar-refractivity contribution >= 4 is 23.0 Å². The molecule has 7 heteroatoms. The van der Waals surface area contributed by atoms with Gasteiger partial charge < -0.3 is 19.5 Å². The molecule has 2 aromatic carbocycles. The van der Waals surface area contributed by atoms with Crippen LogP contribution in [0.25, 0.3) is 0 Å². The number of nitrogens with one attached hydrogen (secondary N) is 1. The van der Waals surface area contributed by atoms with E-state index in [1.54, 1.807) is 18.2 Å². The minimum absolute atomic E-state index is 0.251. The normalized spacial score (nSPS) is 20.8. The summed E-state index contributed by atoms with van der Waals surface area (Å²) in [4.78, 5) is 13.6. The van der Waals surface area contributed by atoms with Crippen LogP contribution in [0.15, 0.2) is 60.0 Å². The highest BCUT2D eigenvalue weighted by atomic mass is 32.1. The number of hydrogen-bond acceptors (Lipinski definition) is 6. The van der Waals surface area contributed by atoms with Gasteiger partial charge in [-0.2, -0.15) is 0 Å². The lowest BCUT2D eigenvalue weighted by atomic mass is 9.86. The quantitative estimate of drug-likeness (QED) is 0.281. The van der Waals surface area contributed by atoms with Crippen molar-refractivity contribution in [2.24, 2.45) is 5.92 Å². The van der Waals surface area contributed by atoms with E-state index in [1.807, 2.05) is 43.5 Å². The minimum Gasteiger partial charge on any atom is -0.483 e. The molecular formula is C31H36FNO4S. The molecule has 0 bridgehead atoms. The summed E-state index contributed by atoms with van der Waals surface area (Å²) in [6.07, 6.45) is 6.34. The third-order valence-corrected chi connectivity index (χ3v) is 8.41. The van der Waals surface area contributed by atoms with Crippen LogP contribution in [-0.2, 0) is 16.0 Å². The van der Waals surface area contributed by atoms with Crippen LogP contribution in [0.1, 0.15) is 79.3 Å². The zero-order valence-electron chi connectivity index (χ0n) is 22.1. The molecular weight excluding hydrogens is 501 g/mol. The number of fused-ring (bicyclic) bond motifs is 1. The summed E-state index contributed by atoms with van der Waals surface area (Å²) >= 11 is 1.36. The van der Waals surface area contributed by atoms with Gasteiger partial charge in [0.1, 0.15) is 28.1 Å². The molecule has 2 unspecified atom stereocenters. The van der Waals surface area contributed by atoms with Crippen LogP contribution in [-0.4, -0.2) is 24.3 Å². The third-order valence-electron chi connectivity index (χ3n) is 7.56. The second-order valence-corrected chi connectivity index (χ2v) is 11.8. The third kappa shape index (κ3) is 6.38. The molecule has 2 aliphatic rings. The molecule has 0 radical (unpaired) electrons. The van der Waals surface area contributed by atoms with Gasteiger partial charge in [-0.25, -0.2) is 9.18 Å². The molecule has 3 aromatic rings. The number of anilines is 1. The number of thiophene rings is 1. The lowest BCUT2D eigenvalue weighted by molar-refractivity contribution is -0.141. The van der Waals surface area contributed by atoms with E-state index >= 15 is 0 Å². The second-order valence-electron chi connectivity index (χ2n) is 10.8. The Morgan fingerprint density at radius 1 is 1.11 bits per heavy atom. The number of halogens is 1. The molecule has 2 heterocycles. The monoisotopic (exact) mass is 537 g/mol. The maximum Gasteiger partial charge on any atom is 0.348 e. The molecule has 5 nitrogen and oxygen atoms in total. The van der Waals surface area contributed by atoms with Crippen molar-refractivity contribution in [2.75, 3.05) is 11.9 Å². The van der Waals surface area contributed by atoms with E-state index < -0.39 is 17.8 Å². The molecule has 0 amide bonds. The van der Waals surface area contributed by atoms with Gasteiger partial charge in [-0.1, -0.05) is 50.3 Å². The summed E-state index contributed by atoms with van der Waals surface area (Å²) < 4.78 is 32.4. The number of ether oxygens (including phenoxy) is 3. The molecule has 5 rings (SSSR count). The first kappa shape index (κ1) is 26.7. The molecule has 1 saturated carbocycles. The highest BCUT2D eigenvalue weighted by molar-refractivity contribution is 7.11. The standard InChI is InChI=1S/C31H36FNO4S/c1-31(2)29(36-30(34)27-9-6-18-38-27)28(35-17-16-21-7-4-3-5-8-21)25-19-24(14-15-26(25)37-31)33-20-22-10-12-23(32)13-11-22/h6,9-15,18-19,21,28-29,33H,3-5,7-8,16-17,20H2,1-2H3. The van der Waals surface area contributed by atoms with Gasteiger partial charge in [-0.3, -0.25) is 0 Å². The van der Waals surface area contributed by atoms with Gasteiger partial charge in [0.05, 0.1) is 0 Å². The van der Waals surface area contributed by atoms with Crippen molar-refractivity contribution in [3.8, 4) is 5.75 Å². The molecule has 1 aliphatic carbocycles.